The van der Waals surface area contributed by atoms with Crippen molar-refractivity contribution in [1.29, 1.82) is 5.26 Å². The van der Waals surface area contributed by atoms with Crippen molar-refractivity contribution in [3.8, 4) is 17.6 Å². The minimum atomic E-state index is -0.173. The summed E-state index contributed by atoms with van der Waals surface area (Å²) in [7, 11) is 0. The average Bonchev–Trinajstić information content (AvgIpc) is 3.17. The number of ketones is 1. The van der Waals surface area contributed by atoms with Gasteiger partial charge in [-0.3, -0.25) is 4.79 Å². The minimum absolute atomic E-state index is 0.0269. The van der Waals surface area contributed by atoms with Crippen molar-refractivity contribution in [2.75, 3.05) is 0 Å². The van der Waals surface area contributed by atoms with Gasteiger partial charge in [-0.2, -0.15) is 5.26 Å². The second-order valence-electron chi connectivity index (χ2n) is 6.29. The molecule has 0 N–H and O–H groups in total. The molecule has 5 heteroatoms. The number of rotatable bonds is 4. The van der Waals surface area contributed by atoms with Gasteiger partial charge in [0.05, 0.1) is 6.20 Å². The lowest BCUT2D eigenvalue weighted by Crippen LogP contribution is -2.23. The van der Waals surface area contributed by atoms with E-state index in [2.05, 4.69) is 4.98 Å². The molecule has 26 heavy (non-hydrogen) atoms. The molecule has 1 heterocycles. The maximum absolute atomic E-state index is 12.6. The lowest BCUT2D eigenvalue weighted by molar-refractivity contribution is 0.0872. The number of para-hydroxylation sites is 1. The fourth-order valence-corrected chi connectivity index (χ4v) is 3.26. The van der Waals surface area contributed by atoms with E-state index in [1.807, 2.05) is 54.6 Å². The molecule has 1 atom stereocenters. The Morgan fingerprint density at radius 1 is 1.15 bits per heavy atom. The van der Waals surface area contributed by atoms with Crippen LogP contribution >= 0.6 is 0 Å². The summed E-state index contributed by atoms with van der Waals surface area (Å²) >= 11 is 0. The SMILES string of the molecule is N#Cc1cnc(C(=O)[C@@H]2CCc3cc(Oc4ccccc4)ccc3C2)o1. The van der Waals surface area contributed by atoms with Crippen LogP contribution in [0.2, 0.25) is 0 Å². The lowest BCUT2D eigenvalue weighted by Gasteiger charge is -2.23. The number of Topliss-reactive ketones (excluding diaryl/α,β-unsaturated/α-hetero) is 1. The number of benzene rings is 2. The van der Waals surface area contributed by atoms with Crippen LogP contribution in [-0.4, -0.2) is 10.8 Å². The minimum Gasteiger partial charge on any atom is -0.457 e. The summed E-state index contributed by atoms with van der Waals surface area (Å²) in [6, 6.07) is 17.5. The third kappa shape index (κ3) is 3.22. The van der Waals surface area contributed by atoms with E-state index >= 15 is 0 Å². The van der Waals surface area contributed by atoms with Gasteiger partial charge in [0, 0.05) is 5.92 Å². The van der Waals surface area contributed by atoms with Gasteiger partial charge in [0.25, 0.3) is 5.89 Å². The van der Waals surface area contributed by atoms with Crippen molar-refractivity contribution >= 4 is 5.78 Å². The van der Waals surface area contributed by atoms with Gasteiger partial charge in [0.1, 0.15) is 17.6 Å². The highest BCUT2D eigenvalue weighted by molar-refractivity contribution is 5.94. The fraction of sp³-hybridized carbons (Fsp3) is 0.190. The zero-order chi connectivity index (χ0) is 17.9. The third-order valence-corrected chi connectivity index (χ3v) is 4.58. The molecule has 4 rings (SSSR count). The Morgan fingerprint density at radius 3 is 2.77 bits per heavy atom. The number of fused-ring (bicyclic) bond motifs is 1. The van der Waals surface area contributed by atoms with E-state index in [-0.39, 0.29) is 23.4 Å². The molecule has 1 aromatic heterocycles. The van der Waals surface area contributed by atoms with Gasteiger partial charge in [-0.25, -0.2) is 4.98 Å². The Kier molecular flexibility index (Phi) is 4.24. The van der Waals surface area contributed by atoms with Crippen LogP contribution in [0.1, 0.15) is 34.0 Å². The van der Waals surface area contributed by atoms with Gasteiger partial charge in [0.15, 0.2) is 0 Å². The maximum atomic E-state index is 12.6. The Hall–Kier alpha value is -3.39. The van der Waals surface area contributed by atoms with Gasteiger partial charge in [-0.15, -0.1) is 0 Å². The summed E-state index contributed by atoms with van der Waals surface area (Å²) in [6.45, 7) is 0. The van der Waals surface area contributed by atoms with Gasteiger partial charge in [-0.05, 0) is 54.7 Å². The zero-order valence-corrected chi connectivity index (χ0v) is 14.0. The molecule has 0 aliphatic heterocycles. The molecule has 0 amide bonds. The number of hydrogen-bond acceptors (Lipinski definition) is 5. The van der Waals surface area contributed by atoms with Crippen molar-refractivity contribution in [2.24, 2.45) is 5.92 Å². The molecule has 0 fully saturated rings. The predicted octanol–water partition coefficient (Wildman–Crippen LogP) is 4.33. The van der Waals surface area contributed by atoms with Gasteiger partial charge >= 0.3 is 0 Å². The van der Waals surface area contributed by atoms with Gasteiger partial charge in [0.2, 0.25) is 11.5 Å². The average molecular weight is 344 g/mol. The maximum Gasteiger partial charge on any atom is 0.264 e. The number of carbonyl (C=O) groups excluding carboxylic acids is 1. The molecule has 0 unspecified atom stereocenters. The number of oxazole rings is 1. The molecular weight excluding hydrogens is 328 g/mol. The first-order valence-corrected chi connectivity index (χ1v) is 8.48. The molecule has 1 aliphatic carbocycles. The largest absolute Gasteiger partial charge is 0.457 e. The number of carbonyl (C=O) groups is 1. The van der Waals surface area contributed by atoms with Crippen LogP contribution in [0.4, 0.5) is 0 Å². The van der Waals surface area contributed by atoms with E-state index in [4.69, 9.17) is 14.4 Å². The Morgan fingerprint density at radius 2 is 2.00 bits per heavy atom. The molecule has 0 saturated heterocycles. The third-order valence-electron chi connectivity index (χ3n) is 4.58. The van der Waals surface area contributed by atoms with Crippen molar-refractivity contribution in [1.82, 2.24) is 4.98 Å². The van der Waals surface area contributed by atoms with Crippen LogP contribution in [-0.2, 0) is 12.8 Å². The summed E-state index contributed by atoms with van der Waals surface area (Å²) in [5, 5.41) is 8.80. The van der Waals surface area contributed by atoms with Crippen molar-refractivity contribution in [3.63, 3.8) is 0 Å². The van der Waals surface area contributed by atoms with E-state index in [1.54, 1.807) is 0 Å². The Balaban J connectivity index is 1.49. The molecule has 0 bridgehead atoms. The van der Waals surface area contributed by atoms with Crippen LogP contribution in [0.5, 0.6) is 11.5 Å². The first-order valence-electron chi connectivity index (χ1n) is 8.48. The second-order valence-corrected chi connectivity index (χ2v) is 6.29. The molecule has 0 saturated carbocycles. The fourth-order valence-electron chi connectivity index (χ4n) is 3.26. The van der Waals surface area contributed by atoms with Gasteiger partial charge < -0.3 is 9.15 Å². The second kappa shape index (κ2) is 6.85. The highest BCUT2D eigenvalue weighted by atomic mass is 16.5. The standard InChI is InChI=1S/C21H16N2O3/c22-12-19-13-23-21(26-19)20(24)16-7-6-15-11-18(9-8-14(15)10-16)25-17-4-2-1-3-5-17/h1-5,8-9,11,13,16H,6-7,10H2/t16-/m1/s1. The molecule has 1 aliphatic rings. The number of aromatic nitrogens is 1. The van der Waals surface area contributed by atoms with E-state index < -0.39 is 0 Å². The van der Waals surface area contributed by atoms with Crippen molar-refractivity contribution < 1.29 is 13.9 Å². The first kappa shape index (κ1) is 16.1. The molecule has 2 aromatic carbocycles. The smallest absolute Gasteiger partial charge is 0.264 e. The summed E-state index contributed by atoms with van der Waals surface area (Å²) < 4.78 is 11.1. The van der Waals surface area contributed by atoms with E-state index in [0.717, 1.165) is 29.9 Å². The summed E-state index contributed by atoms with van der Waals surface area (Å²) in [4.78, 5) is 16.5. The number of aryl methyl sites for hydroxylation is 1. The zero-order valence-electron chi connectivity index (χ0n) is 14.0. The van der Waals surface area contributed by atoms with Crippen molar-refractivity contribution in [2.45, 2.75) is 19.3 Å². The van der Waals surface area contributed by atoms with Crippen LogP contribution in [0.15, 0.2) is 59.1 Å². The first-order chi connectivity index (χ1) is 12.7. The lowest BCUT2D eigenvalue weighted by atomic mass is 9.81. The van der Waals surface area contributed by atoms with E-state index in [1.165, 1.54) is 11.8 Å². The highest BCUT2D eigenvalue weighted by Gasteiger charge is 2.28. The molecule has 0 radical (unpaired) electrons. The Bertz CT molecular complexity index is 986. The summed E-state index contributed by atoms with van der Waals surface area (Å²) in [6.07, 6.45) is 3.45. The highest BCUT2D eigenvalue weighted by Crippen LogP contribution is 2.32. The van der Waals surface area contributed by atoms with E-state index in [0.29, 0.717) is 6.42 Å². The quantitative estimate of drug-likeness (QED) is 0.659. The van der Waals surface area contributed by atoms with Crippen LogP contribution in [0, 0.1) is 17.2 Å². The molecular formula is C21H16N2O3. The monoisotopic (exact) mass is 344 g/mol. The predicted molar refractivity (Wildman–Crippen MR) is 94.0 cm³/mol. The number of ether oxygens (including phenoxy) is 1. The topological polar surface area (TPSA) is 76.1 Å². The van der Waals surface area contributed by atoms with Crippen LogP contribution in [0.25, 0.3) is 0 Å². The summed E-state index contributed by atoms with van der Waals surface area (Å²) in [5.41, 5.74) is 2.34. The van der Waals surface area contributed by atoms with Crippen LogP contribution < -0.4 is 4.74 Å². The number of nitriles is 1. The molecule has 3 aromatic rings. The van der Waals surface area contributed by atoms with E-state index in [9.17, 15) is 4.79 Å². The molecule has 0 spiro atoms. The van der Waals surface area contributed by atoms with Crippen molar-refractivity contribution in [3.05, 3.63) is 77.5 Å². The number of hydrogen-bond donors (Lipinski definition) is 0. The molecule has 128 valence electrons. The summed E-state index contributed by atoms with van der Waals surface area (Å²) in [5.74, 6) is 1.38. The Labute approximate surface area is 150 Å². The molecule has 5 nitrogen and oxygen atoms in total. The van der Waals surface area contributed by atoms with Crippen LogP contribution in [0.3, 0.4) is 0 Å². The number of nitrogens with zero attached hydrogens (tertiary/aromatic N) is 2. The normalized spacial score (nSPS) is 15.7. The van der Waals surface area contributed by atoms with Gasteiger partial charge in [-0.1, -0.05) is 24.3 Å².